The van der Waals surface area contributed by atoms with Crippen molar-refractivity contribution in [1.82, 2.24) is 9.55 Å². The molecule has 13 nitrogen and oxygen atoms in total. The van der Waals surface area contributed by atoms with Crippen molar-refractivity contribution in [2.75, 3.05) is 19.5 Å². The van der Waals surface area contributed by atoms with E-state index in [1.165, 1.54) is 6.08 Å². The summed E-state index contributed by atoms with van der Waals surface area (Å²) in [5, 5.41) is 0. The smallest absolute Gasteiger partial charge is 0.351 e. The highest BCUT2D eigenvalue weighted by atomic mass is 16.7. The van der Waals surface area contributed by atoms with Crippen LogP contribution >= 0.6 is 0 Å². The standard InChI is InChI=1S/C19H23N3O10/c1-9(23)29-8-13-15(30-10(2)24)16(31-11(3)25)18(32-13)22-7-12(5-6-14(26)28-4)17(20)21-19(22)27/h5-7,13,15-16,18H,8H2,1-4H3,(H2,20,21,27)/t13-,15+,16-,18?/m1/s1/i1D,2D,3D. The van der Waals surface area contributed by atoms with Gasteiger partial charge in [-0.3, -0.25) is 19.0 Å². The molecular weight excluding hydrogens is 430 g/mol. The second-order valence-electron chi connectivity index (χ2n) is 6.28. The van der Waals surface area contributed by atoms with E-state index in [1.54, 1.807) is 0 Å². The van der Waals surface area contributed by atoms with Crippen LogP contribution in [0.25, 0.3) is 6.08 Å². The first-order valence-electron chi connectivity index (χ1n) is 11.0. The average molecular weight is 456 g/mol. The van der Waals surface area contributed by atoms with Crippen LogP contribution in [0.3, 0.4) is 0 Å². The first-order chi connectivity index (χ1) is 16.6. The summed E-state index contributed by atoms with van der Waals surface area (Å²) < 4.78 is 47.8. The normalized spacial score (nSPS) is 23.6. The molecule has 2 rings (SSSR count). The SMILES string of the molecule is [2H]CC(=O)OC[C@H]1OC(n2cc(C=CC(=O)OC)c(N)nc2=O)[C@H](OC(=O)C[2H])[C@H]1OC(=O)C[2H]. The van der Waals surface area contributed by atoms with Crippen molar-refractivity contribution >= 4 is 35.8 Å². The number of ether oxygens (including phenoxy) is 5. The molecule has 0 radical (unpaired) electrons. The maximum Gasteiger partial charge on any atom is 0.351 e. The first kappa shape index (κ1) is 20.2. The van der Waals surface area contributed by atoms with E-state index in [0.717, 1.165) is 23.9 Å². The third-order valence-electron chi connectivity index (χ3n) is 4.11. The van der Waals surface area contributed by atoms with Gasteiger partial charge in [0.05, 0.1) is 7.11 Å². The van der Waals surface area contributed by atoms with Gasteiger partial charge in [-0.1, -0.05) is 0 Å². The average Bonchev–Trinajstić information content (AvgIpc) is 3.17. The number of esters is 4. The molecule has 0 aromatic carbocycles. The quantitative estimate of drug-likeness (QED) is 0.312. The monoisotopic (exact) mass is 456 g/mol. The summed E-state index contributed by atoms with van der Waals surface area (Å²) in [5.41, 5.74) is 4.85. The third kappa shape index (κ3) is 6.14. The number of aromatic nitrogens is 2. The van der Waals surface area contributed by atoms with Gasteiger partial charge in [0.15, 0.2) is 18.4 Å². The van der Waals surface area contributed by atoms with Gasteiger partial charge in [0.2, 0.25) is 0 Å². The Balaban J connectivity index is 2.53. The van der Waals surface area contributed by atoms with Crippen LogP contribution in [0.2, 0.25) is 0 Å². The van der Waals surface area contributed by atoms with E-state index < -0.39 is 81.4 Å². The Morgan fingerprint density at radius 2 is 1.84 bits per heavy atom. The number of anilines is 1. The van der Waals surface area contributed by atoms with E-state index in [9.17, 15) is 24.0 Å². The van der Waals surface area contributed by atoms with E-state index in [4.69, 9.17) is 28.8 Å². The number of hydrogen-bond acceptors (Lipinski definition) is 12. The van der Waals surface area contributed by atoms with Crippen LogP contribution in [0, 0.1) is 0 Å². The maximum atomic E-state index is 12.6. The van der Waals surface area contributed by atoms with E-state index in [2.05, 4.69) is 9.72 Å². The minimum Gasteiger partial charge on any atom is -0.466 e. The number of carbonyl (C=O) groups excluding carboxylic acids is 4. The molecule has 1 aliphatic rings. The van der Waals surface area contributed by atoms with Gasteiger partial charge in [-0.2, -0.15) is 4.98 Å². The second kappa shape index (κ2) is 10.5. The van der Waals surface area contributed by atoms with Crippen molar-refractivity contribution in [3.8, 4) is 0 Å². The molecule has 1 aliphatic heterocycles. The summed E-state index contributed by atoms with van der Waals surface area (Å²) in [6, 6.07) is 0. The summed E-state index contributed by atoms with van der Waals surface area (Å²) in [4.78, 5) is 63.0. The van der Waals surface area contributed by atoms with Crippen molar-refractivity contribution in [2.24, 2.45) is 0 Å². The first-order valence-corrected chi connectivity index (χ1v) is 8.87. The molecule has 0 aliphatic carbocycles. The van der Waals surface area contributed by atoms with Crippen LogP contribution < -0.4 is 11.4 Å². The van der Waals surface area contributed by atoms with Crippen LogP contribution in [0.4, 0.5) is 5.82 Å². The lowest BCUT2D eigenvalue weighted by molar-refractivity contribution is -0.166. The molecule has 2 N–H and O–H groups in total. The number of nitrogens with zero attached hydrogens (tertiary/aromatic N) is 2. The van der Waals surface area contributed by atoms with Gasteiger partial charge in [-0.05, 0) is 6.08 Å². The van der Waals surface area contributed by atoms with Crippen LogP contribution in [0.1, 0.15) is 36.6 Å². The molecule has 32 heavy (non-hydrogen) atoms. The molecule has 1 saturated heterocycles. The minimum absolute atomic E-state index is 0.0768. The van der Waals surface area contributed by atoms with Crippen molar-refractivity contribution < 1.29 is 47.0 Å². The molecule has 13 heteroatoms. The largest absolute Gasteiger partial charge is 0.466 e. The summed E-state index contributed by atoms with van der Waals surface area (Å²) in [6.07, 6.45) is -2.41. The Morgan fingerprint density at radius 1 is 1.19 bits per heavy atom. The second-order valence-corrected chi connectivity index (χ2v) is 6.28. The zero-order valence-electron chi connectivity index (χ0n) is 19.9. The number of rotatable bonds is 7. The number of nitrogen functional groups attached to an aromatic ring is 1. The summed E-state index contributed by atoms with van der Waals surface area (Å²) in [6.45, 7) is -2.87. The molecular formula is C19H23N3O10. The Labute approximate surface area is 186 Å². The molecule has 0 amide bonds. The molecule has 0 bridgehead atoms. The molecule has 1 fully saturated rings. The van der Waals surface area contributed by atoms with Gasteiger partial charge in [0, 0.05) is 42.6 Å². The summed E-state index contributed by atoms with van der Waals surface area (Å²) >= 11 is 0. The number of carbonyl (C=O) groups is 4. The van der Waals surface area contributed by atoms with Gasteiger partial charge in [0.25, 0.3) is 0 Å². The Morgan fingerprint density at radius 3 is 2.47 bits per heavy atom. The predicted octanol–water partition coefficient (Wildman–Crippen LogP) is -0.664. The zero-order valence-corrected chi connectivity index (χ0v) is 16.9. The lowest BCUT2D eigenvalue weighted by atomic mass is 10.1. The minimum atomic E-state index is -1.52. The van der Waals surface area contributed by atoms with Crippen molar-refractivity contribution in [1.29, 1.82) is 0 Å². The van der Waals surface area contributed by atoms with E-state index in [0.29, 0.717) is 0 Å². The fourth-order valence-corrected chi connectivity index (χ4v) is 2.85. The van der Waals surface area contributed by atoms with Crippen molar-refractivity contribution in [3.05, 3.63) is 28.3 Å². The fourth-order valence-electron chi connectivity index (χ4n) is 2.85. The lowest BCUT2D eigenvalue weighted by Crippen LogP contribution is -2.42. The Hall–Kier alpha value is -3.74. The number of hydrogen-bond donors (Lipinski definition) is 1. The molecule has 0 spiro atoms. The number of methoxy groups -OCH3 is 1. The van der Waals surface area contributed by atoms with Crippen LogP contribution in [-0.2, 0) is 42.9 Å². The Bertz CT molecular complexity index is 1050. The van der Waals surface area contributed by atoms with Gasteiger partial charge >= 0.3 is 29.6 Å². The molecule has 0 saturated carbocycles. The fraction of sp³-hybridized carbons (Fsp3) is 0.474. The van der Waals surface area contributed by atoms with E-state index in [-0.39, 0.29) is 11.4 Å². The number of nitrogens with two attached hydrogens (primary N) is 1. The topological polar surface area (TPSA) is 175 Å². The predicted molar refractivity (Wildman–Crippen MR) is 106 cm³/mol. The summed E-state index contributed by atoms with van der Waals surface area (Å²) in [5.74, 6) is -3.99. The van der Waals surface area contributed by atoms with Gasteiger partial charge in [-0.15, -0.1) is 0 Å². The van der Waals surface area contributed by atoms with E-state index in [1.807, 2.05) is 0 Å². The third-order valence-corrected chi connectivity index (χ3v) is 4.11. The Kier molecular flexibility index (Phi) is 6.64. The van der Waals surface area contributed by atoms with Crippen molar-refractivity contribution in [2.45, 2.75) is 45.2 Å². The molecule has 4 atom stereocenters. The summed E-state index contributed by atoms with van der Waals surface area (Å²) in [7, 11) is 1.15. The van der Waals surface area contributed by atoms with Gasteiger partial charge < -0.3 is 29.4 Å². The van der Waals surface area contributed by atoms with E-state index >= 15 is 0 Å². The zero-order chi connectivity index (χ0) is 26.1. The van der Waals surface area contributed by atoms with Crippen molar-refractivity contribution in [3.63, 3.8) is 0 Å². The van der Waals surface area contributed by atoms with Crippen LogP contribution in [-0.4, -0.2) is 65.5 Å². The van der Waals surface area contributed by atoms with Gasteiger partial charge in [0.1, 0.15) is 18.5 Å². The molecule has 1 aromatic rings. The highest BCUT2D eigenvalue weighted by Gasteiger charge is 2.51. The molecule has 1 unspecified atom stereocenters. The molecule has 1 aromatic heterocycles. The van der Waals surface area contributed by atoms with Crippen LogP contribution in [0.15, 0.2) is 17.1 Å². The van der Waals surface area contributed by atoms with Crippen LogP contribution in [0.5, 0.6) is 0 Å². The van der Waals surface area contributed by atoms with Gasteiger partial charge in [-0.25, -0.2) is 9.59 Å². The lowest BCUT2D eigenvalue weighted by Gasteiger charge is -2.24. The molecule has 2 heterocycles. The highest BCUT2D eigenvalue weighted by Crippen LogP contribution is 2.34. The maximum absolute atomic E-state index is 12.6. The highest BCUT2D eigenvalue weighted by molar-refractivity contribution is 5.87. The molecule has 174 valence electrons.